The van der Waals surface area contributed by atoms with E-state index in [1.807, 2.05) is 0 Å². The topological polar surface area (TPSA) is 154 Å². The summed E-state index contributed by atoms with van der Waals surface area (Å²) in [5.74, 6) is -2.25. The number of rotatable bonds is 7. The molecule has 222 valence electrons. The number of carbonyl (C=O) groups excluding carboxylic acids is 1. The summed E-state index contributed by atoms with van der Waals surface area (Å²) in [6.45, 7) is -0.657. The van der Waals surface area contributed by atoms with Crippen LogP contribution in [0, 0.1) is 23.0 Å². The van der Waals surface area contributed by atoms with Gasteiger partial charge >= 0.3 is 0 Å². The van der Waals surface area contributed by atoms with Gasteiger partial charge in [-0.1, -0.05) is 21.1 Å². The van der Waals surface area contributed by atoms with Crippen LogP contribution in [0.5, 0.6) is 0 Å². The molecular weight excluding hydrogens is 620 g/mol. The number of aliphatic hydroxyl groups excluding tert-OH is 3. The van der Waals surface area contributed by atoms with Gasteiger partial charge in [0.2, 0.25) is 0 Å². The first-order valence-corrected chi connectivity index (χ1v) is 14.0. The average Bonchev–Trinajstić information content (AvgIpc) is 3.61. The van der Waals surface area contributed by atoms with Crippen molar-refractivity contribution in [2.45, 2.75) is 61.9 Å². The van der Waals surface area contributed by atoms with E-state index in [1.165, 1.54) is 29.0 Å². The van der Waals surface area contributed by atoms with E-state index in [9.17, 15) is 34.2 Å². The standard InChI is InChI=1S/C28H28BrF2N5O6/c1-41-26-24(35-12-20(33-34-35)15-7-17(30)10-18(31)8-15)25(39)23(13-37)42-27(26)28(40)36(21-3-2-4-22(21)38)19-6-14(11-32)5-16(29)9-19/h5-10,12,21-27,37-39H,2-4,13H2,1H3/t21-,22-,23?,24?,25?,26?,27?/m0/s1. The van der Waals surface area contributed by atoms with E-state index in [0.717, 1.165) is 18.2 Å². The van der Waals surface area contributed by atoms with Crippen LogP contribution in [0.1, 0.15) is 30.9 Å². The molecule has 42 heavy (non-hydrogen) atoms. The summed E-state index contributed by atoms with van der Waals surface area (Å²) in [5, 5.41) is 49.7. The Kier molecular flexibility index (Phi) is 8.97. The summed E-state index contributed by atoms with van der Waals surface area (Å²) in [7, 11) is 1.31. The molecule has 1 amide bonds. The van der Waals surface area contributed by atoms with Crippen molar-refractivity contribution in [1.82, 2.24) is 15.0 Å². The molecule has 3 aromatic rings. The third-order valence-corrected chi connectivity index (χ3v) is 8.12. The summed E-state index contributed by atoms with van der Waals surface area (Å²) in [6, 6.07) is 7.93. The molecule has 2 heterocycles. The molecule has 0 spiro atoms. The van der Waals surface area contributed by atoms with Gasteiger partial charge in [-0.15, -0.1) is 5.10 Å². The quantitative estimate of drug-likeness (QED) is 0.351. The largest absolute Gasteiger partial charge is 0.394 e. The second-order valence-corrected chi connectivity index (χ2v) is 11.2. The molecule has 0 radical (unpaired) electrons. The third kappa shape index (κ3) is 5.81. The zero-order valence-electron chi connectivity index (χ0n) is 22.3. The number of nitriles is 1. The molecule has 2 fully saturated rings. The van der Waals surface area contributed by atoms with Crippen LogP contribution < -0.4 is 4.90 Å². The number of hydrogen-bond donors (Lipinski definition) is 3. The number of methoxy groups -OCH3 is 1. The Morgan fingerprint density at radius 1 is 1.21 bits per heavy atom. The van der Waals surface area contributed by atoms with Gasteiger partial charge < -0.3 is 29.7 Å². The van der Waals surface area contributed by atoms with Crippen LogP contribution in [-0.4, -0.2) is 86.5 Å². The van der Waals surface area contributed by atoms with Crippen LogP contribution in [0.3, 0.4) is 0 Å². The number of aromatic nitrogens is 3. The predicted molar refractivity (Wildman–Crippen MR) is 147 cm³/mol. The molecule has 14 heteroatoms. The van der Waals surface area contributed by atoms with E-state index in [0.29, 0.717) is 29.4 Å². The minimum absolute atomic E-state index is 0.0965. The Balaban J connectivity index is 1.55. The molecule has 5 rings (SSSR count). The highest BCUT2D eigenvalue weighted by Gasteiger charge is 2.52. The molecule has 1 aliphatic carbocycles. The molecule has 1 aliphatic heterocycles. The minimum atomic E-state index is -1.43. The number of aliphatic hydroxyl groups is 3. The van der Waals surface area contributed by atoms with Crippen molar-refractivity contribution in [2.24, 2.45) is 0 Å². The lowest BCUT2D eigenvalue weighted by Gasteiger charge is -2.45. The van der Waals surface area contributed by atoms with Gasteiger partial charge in [0, 0.05) is 28.9 Å². The number of anilines is 1. The van der Waals surface area contributed by atoms with Gasteiger partial charge in [-0.25, -0.2) is 13.5 Å². The smallest absolute Gasteiger partial charge is 0.259 e. The van der Waals surface area contributed by atoms with Gasteiger partial charge in [-0.05, 0) is 49.6 Å². The molecule has 0 bridgehead atoms. The highest BCUT2D eigenvalue weighted by Crippen LogP contribution is 2.37. The zero-order chi connectivity index (χ0) is 30.1. The Hall–Kier alpha value is -3.32. The normalized spacial score (nSPS) is 27.5. The Morgan fingerprint density at radius 3 is 2.57 bits per heavy atom. The van der Waals surface area contributed by atoms with Gasteiger partial charge in [-0.3, -0.25) is 4.79 Å². The number of halogens is 3. The number of nitrogens with zero attached hydrogens (tertiary/aromatic N) is 5. The Labute approximate surface area is 248 Å². The van der Waals surface area contributed by atoms with Crippen LogP contribution in [-0.2, 0) is 14.3 Å². The molecule has 1 saturated heterocycles. The lowest BCUT2D eigenvalue weighted by atomic mass is 9.91. The maximum atomic E-state index is 14.4. The first-order chi connectivity index (χ1) is 20.1. The van der Waals surface area contributed by atoms with E-state index in [2.05, 4.69) is 32.3 Å². The fourth-order valence-electron chi connectivity index (χ4n) is 5.73. The molecule has 2 aromatic carbocycles. The SMILES string of the molecule is COC1C(C(=O)N(c2cc(Br)cc(C#N)c2)[C@H]2CCC[C@@H]2O)OC(CO)C(O)C1n1cc(-c2cc(F)cc(F)c2)nn1. The van der Waals surface area contributed by atoms with Crippen molar-refractivity contribution in [3.63, 3.8) is 0 Å². The Morgan fingerprint density at radius 2 is 1.95 bits per heavy atom. The third-order valence-electron chi connectivity index (χ3n) is 7.66. The van der Waals surface area contributed by atoms with Crippen molar-refractivity contribution in [3.05, 3.63) is 64.3 Å². The lowest BCUT2D eigenvalue weighted by molar-refractivity contribution is -0.211. The monoisotopic (exact) mass is 647 g/mol. The molecular formula is C28H28BrF2N5O6. The van der Waals surface area contributed by atoms with Crippen LogP contribution >= 0.6 is 15.9 Å². The summed E-state index contributed by atoms with van der Waals surface area (Å²) < 4.78 is 41.1. The van der Waals surface area contributed by atoms with E-state index >= 15 is 0 Å². The van der Waals surface area contributed by atoms with E-state index in [4.69, 9.17) is 9.47 Å². The van der Waals surface area contributed by atoms with Crippen molar-refractivity contribution in [1.29, 1.82) is 5.26 Å². The van der Waals surface area contributed by atoms with Crippen LogP contribution in [0.15, 0.2) is 47.1 Å². The summed E-state index contributed by atoms with van der Waals surface area (Å²) >= 11 is 3.38. The lowest BCUT2D eigenvalue weighted by Crippen LogP contribution is -2.62. The number of ether oxygens (including phenoxy) is 2. The van der Waals surface area contributed by atoms with E-state index in [-0.39, 0.29) is 16.8 Å². The summed E-state index contributed by atoms with van der Waals surface area (Å²) in [5.41, 5.74) is 0.821. The molecule has 1 saturated carbocycles. The maximum absolute atomic E-state index is 14.4. The average molecular weight is 648 g/mol. The van der Waals surface area contributed by atoms with Crippen LogP contribution in [0.4, 0.5) is 14.5 Å². The number of carbonyl (C=O) groups is 1. The predicted octanol–water partition coefficient (Wildman–Crippen LogP) is 2.48. The fraction of sp³-hybridized carbons (Fsp3) is 0.429. The van der Waals surface area contributed by atoms with E-state index in [1.54, 1.807) is 12.1 Å². The van der Waals surface area contributed by atoms with Gasteiger partial charge in [0.1, 0.15) is 41.7 Å². The number of hydrogen-bond acceptors (Lipinski definition) is 9. The maximum Gasteiger partial charge on any atom is 0.259 e. The van der Waals surface area contributed by atoms with Gasteiger partial charge in [0.25, 0.3) is 5.91 Å². The number of benzene rings is 2. The fourth-order valence-corrected chi connectivity index (χ4v) is 6.22. The van der Waals surface area contributed by atoms with Crippen LogP contribution in [0.2, 0.25) is 0 Å². The summed E-state index contributed by atoms with van der Waals surface area (Å²) in [4.78, 5) is 15.8. The van der Waals surface area contributed by atoms with Crippen molar-refractivity contribution in [3.8, 4) is 17.3 Å². The highest BCUT2D eigenvalue weighted by atomic mass is 79.9. The molecule has 1 aromatic heterocycles. The van der Waals surface area contributed by atoms with Gasteiger partial charge in [-0.2, -0.15) is 5.26 Å². The molecule has 11 nitrogen and oxygen atoms in total. The first kappa shape index (κ1) is 30.1. The number of amides is 1. The summed E-state index contributed by atoms with van der Waals surface area (Å²) in [6.07, 6.45) is -3.14. The zero-order valence-corrected chi connectivity index (χ0v) is 23.9. The molecule has 7 atom stereocenters. The first-order valence-electron chi connectivity index (χ1n) is 13.2. The second kappa shape index (κ2) is 12.5. The Bertz CT molecular complexity index is 1480. The van der Waals surface area contributed by atoms with E-state index < -0.39 is 66.8 Å². The van der Waals surface area contributed by atoms with Crippen molar-refractivity contribution in [2.75, 3.05) is 18.6 Å². The minimum Gasteiger partial charge on any atom is -0.394 e. The molecule has 5 unspecified atom stereocenters. The van der Waals surface area contributed by atoms with Crippen molar-refractivity contribution < 1.29 is 38.4 Å². The van der Waals surface area contributed by atoms with Crippen LogP contribution in [0.25, 0.3) is 11.3 Å². The molecule has 3 N–H and O–H groups in total. The highest BCUT2D eigenvalue weighted by molar-refractivity contribution is 9.10. The van der Waals surface area contributed by atoms with Gasteiger partial charge in [0.15, 0.2) is 6.10 Å². The second-order valence-electron chi connectivity index (χ2n) is 10.3. The van der Waals surface area contributed by atoms with Crippen molar-refractivity contribution >= 4 is 27.5 Å². The molecule has 2 aliphatic rings. The van der Waals surface area contributed by atoms with Gasteiger partial charge in [0.05, 0.1) is 36.6 Å².